The van der Waals surface area contributed by atoms with Crippen LogP contribution in [0.2, 0.25) is 5.02 Å². The fourth-order valence-electron chi connectivity index (χ4n) is 1.67. The molecule has 0 aliphatic rings. The molecule has 2 rings (SSSR count). The van der Waals surface area contributed by atoms with Gasteiger partial charge in [-0.2, -0.15) is 0 Å². The summed E-state index contributed by atoms with van der Waals surface area (Å²) >= 11 is 8.45. The molecular formula is C14H13ClIN3O. The van der Waals surface area contributed by atoms with Gasteiger partial charge >= 0.3 is 0 Å². The summed E-state index contributed by atoms with van der Waals surface area (Å²) in [5, 5.41) is 15.4. The lowest BCUT2D eigenvalue weighted by Gasteiger charge is -2.09. The molecule has 0 heterocycles. The number of nitrogens with two attached hydrogens (primary N) is 1. The average Bonchev–Trinajstić information content (AvgIpc) is 2.46. The molecule has 6 heteroatoms. The van der Waals surface area contributed by atoms with Crippen LogP contribution in [0.5, 0.6) is 0 Å². The van der Waals surface area contributed by atoms with E-state index >= 15 is 0 Å². The summed E-state index contributed by atoms with van der Waals surface area (Å²) in [6.45, 7) is 0.607. The van der Waals surface area contributed by atoms with E-state index in [4.69, 9.17) is 22.5 Å². The number of rotatable bonds is 4. The topological polar surface area (TPSA) is 70.6 Å². The Morgan fingerprint density at radius 3 is 2.55 bits per heavy atom. The quantitative estimate of drug-likeness (QED) is 0.241. The molecule has 0 saturated heterocycles. The zero-order valence-corrected chi connectivity index (χ0v) is 13.4. The van der Waals surface area contributed by atoms with Crippen molar-refractivity contribution >= 4 is 45.7 Å². The SMILES string of the molecule is N/C(=N/O)c1ccc(CNc2ccc(I)cc2)c(Cl)c1. The van der Waals surface area contributed by atoms with Gasteiger partial charge in [0.05, 0.1) is 0 Å². The Labute approximate surface area is 135 Å². The van der Waals surface area contributed by atoms with Gasteiger partial charge < -0.3 is 16.3 Å². The molecule has 0 aliphatic heterocycles. The van der Waals surface area contributed by atoms with Crippen molar-refractivity contribution in [3.05, 3.63) is 62.2 Å². The fraction of sp³-hybridized carbons (Fsp3) is 0.0714. The highest BCUT2D eigenvalue weighted by molar-refractivity contribution is 14.1. The molecule has 20 heavy (non-hydrogen) atoms. The number of benzene rings is 2. The predicted molar refractivity (Wildman–Crippen MR) is 90.4 cm³/mol. The largest absolute Gasteiger partial charge is 0.409 e. The summed E-state index contributed by atoms with van der Waals surface area (Å²) in [7, 11) is 0. The van der Waals surface area contributed by atoms with Crippen LogP contribution in [0, 0.1) is 3.57 Å². The first-order valence-corrected chi connectivity index (χ1v) is 7.31. The third-order valence-electron chi connectivity index (χ3n) is 2.78. The van der Waals surface area contributed by atoms with Crippen molar-refractivity contribution in [3.63, 3.8) is 0 Å². The van der Waals surface area contributed by atoms with Crippen molar-refractivity contribution in [2.24, 2.45) is 10.9 Å². The summed E-state index contributed by atoms with van der Waals surface area (Å²) in [5.41, 5.74) is 8.08. The maximum atomic E-state index is 8.63. The van der Waals surface area contributed by atoms with Crippen molar-refractivity contribution in [2.45, 2.75) is 6.54 Å². The van der Waals surface area contributed by atoms with Crippen molar-refractivity contribution < 1.29 is 5.21 Å². The summed E-state index contributed by atoms with van der Waals surface area (Å²) in [5.74, 6) is 0.0454. The average molecular weight is 402 g/mol. The summed E-state index contributed by atoms with van der Waals surface area (Å²) < 4.78 is 1.19. The lowest BCUT2D eigenvalue weighted by molar-refractivity contribution is 0.318. The molecule has 2 aromatic rings. The Hall–Kier alpha value is -1.47. The minimum atomic E-state index is 0.0454. The Balaban J connectivity index is 2.08. The second-order valence-electron chi connectivity index (χ2n) is 4.15. The smallest absolute Gasteiger partial charge is 0.170 e. The van der Waals surface area contributed by atoms with E-state index in [1.165, 1.54) is 3.57 Å². The number of amidine groups is 1. The van der Waals surface area contributed by atoms with Gasteiger partial charge in [-0.15, -0.1) is 0 Å². The number of nitrogens with zero attached hydrogens (tertiary/aromatic N) is 1. The van der Waals surface area contributed by atoms with E-state index in [0.717, 1.165) is 11.3 Å². The van der Waals surface area contributed by atoms with Gasteiger partial charge in [0.25, 0.3) is 0 Å². The van der Waals surface area contributed by atoms with Gasteiger partial charge in [-0.05, 0) is 58.5 Å². The number of anilines is 1. The molecule has 0 unspecified atom stereocenters. The monoisotopic (exact) mass is 401 g/mol. The van der Waals surface area contributed by atoms with Crippen molar-refractivity contribution in [2.75, 3.05) is 5.32 Å². The second kappa shape index (κ2) is 6.81. The first-order chi connectivity index (χ1) is 9.60. The minimum absolute atomic E-state index is 0.0454. The van der Waals surface area contributed by atoms with E-state index < -0.39 is 0 Å². The number of oxime groups is 1. The summed E-state index contributed by atoms with van der Waals surface area (Å²) in [4.78, 5) is 0. The van der Waals surface area contributed by atoms with Gasteiger partial charge in [-0.25, -0.2) is 0 Å². The van der Waals surface area contributed by atoms with Crippen LogP contribution in [0.4, 0.5) is 5.69 Å². The Morgan fingerprint density at radius 2 is 1.95 bits per heavy atom. The van der Waals surface area contributed by atoms with E-state index in [-0.39, 0.29) is 5.84 Å². The molecule has 0 atom stereocenters. The molecule has 0 saturated carbocycles. The lowest BCUT2D eigenvalue weighted by atomic mass is 10.1. The predicted octanol–water partition coefficient (Wildman–Crippen LogP) is 3.65. The number of nitrogens with one attached hydrogen (secondary N) is 1. The van der Waals surface area contributed by atoms with E-state index in [9.17, 15) is 0 Å². The molecule has 0 fully saturated rings. The normalized spacial score (nSPS) is 11.4. The molecule has 4 nitrogen and oxygen atoms in total. The van der Waals surface area contributed by atoms with Crippen LogP contribution >= 0.6 is 34.2 Å². The second-order valence-corrected chi connectivity index (χ2v) is 5.80. The van der Waals surface area contributed by atoms with Crippen LogP contribution in [-0.2, 0) is 6.54 Å². The maximum absolute atomic E-state index is 8.63. The molecule has 0 amide bonds. The molecule has 0 aliphatic carbocycles. The van der Waals surface area contributed by atoms with Gasteiger partial charge in [0.1, 0.15) is 0 Å². The van der Waals surface area contributed by atoms with Crippen LogP contribution < -0.4 is 11.1 Å². The molecule has 0 spiro atoms. The Kier molecular flexibility index (Phi) is 5.08. The van der Waals surface area contributed by atoms with Crippen molar-refractivity contribution in [3.8, 4) is 0 Å². The zero-order chi connectivity index (χ0) is 14.5. The van der Waals surface area contributed by atoms with E-state index in [0.29, 0.717) is 17.1 Å². The third-order valence-corrected chi connectivity index (χ3v) is 3.85. The fourth-order valence-corrected chi connectivity index (χ4v) is 2.28. The highest BCUT2D eigenvalue weighted by Gasteiger charge is 2.05. The Bertz CT molecular complexity index is 629. The molecule has 0 aromatic heterocycles. The van der Waals surface area contributed by atoms with Crippen LogP contribution in [0.1, 0.15) is 11.1 Å². The highest BCUT2D eigenvalue weighted by Crippen LogP contribution is 2.20. The maximum Gasteiger partial charge on any atom is 0.170 e. The Morgan fingerprint density at radius 1 is 1.25 bits per heavy atom. The summed E-state index contributed by atoms with van der Waals surface area (Å²) in [6, 6.07) is 13.4. The van der Waals surface area contributed by atoms with Crippen molar-refractivity contribution in [1.82, 2.24) is 0 Å². The van der Waals surface area contributed by atoms with Crippen LogP contribution in [0.15, 0.2) is 47.6 Å². The lowest BCUT2D eigenvalue weighted by Crippen LogP contribution is -2.13. The van der Waals surface area contributed by atoms with E-state index in [1.54, 1.807) is 12.1 Å². The summed E-state index contributed by atoms with van der Waals surface area (Å²) in [6.07, 6.45) is 0. The molecule has 4 N–H and O–H groups in total. The first kappa shape index (κ1) is 14.9. The highest BCUT2D eigenvalue weighted by atomic mass is 127. The van der Waals surface area contributed by atoms with Crippen molar-refractivity contribution in [1.29, 1.82) is 0 Å². The zero-order valence-electron chi connectivity index (χ0n) is 10.5. The van der Waals surface area contributed by atoms with Gasteiger partial charge in [0, 0.05) is 26.4 Å². The minimum Gasteiger partial charge on any atom is -0.409 e. The first-order valence-electron chi connectivity index (χ1n) is 5.86. The standard InChI is InChI=1S/C14H13ClIN3O/c15-13-7-9(14(17)19-20)1-2-10(13)8-18-12-5-3-11(16)4-6-12/h1-7,18,20H,8H2,(H2,17,19). The number of hydrogen-bond acceptors (Lipinski definition) is 3. The third kappa shape index (κ3) is 3.77. The molecule has 0 radical (unpaired) electrons. The van der Waals surface area contributed by atoms with Crippen LogP contribution in [0.3, 0.4) is 0 Å². The van der Waals surface area contributed by atoms with Gasteiger partial charge in [-0.3, -0.25) is 0 Å². The van der Waals surface area contributed by atoms with E-state index in [1.807, 2.05) is 30.3 Å². The molecule has 0 bridgehead atoms. The number of halogens is 2. The number of hydrogen-bond donors (Lipinski definition) is 3. The van der Waals surface area contributed by atoms with Gasteiger partial charge in [0.2, 0.25) is 0 Å². The van der Waals surface area contributed by atoms with Crippen LogP contribution in [0.25, 0.3) is 0 Å². The van der Waals surface area contributed by atoms with Gasteiger partial charge in [-0.1, -0.05) is 28.9 Å². The molecule has 2 aromatic carbocycles. The van der Waals surface area contributed by atoms with Crippen LogP contribution in [-0.4, -0.2) is 11.0 Å². The van der Waals surface area contributed by atoms with Gasteiger partial charge in [0.15, 0.2) is 5.84 Å². The molecular weight excluding hydrogens is 389 g/mol. The van der Waals surface area contributed by atoms with E-state index in [2.05, 4.69) is 33.1 Å². The molecule has 104 valence electrons.